The summed E-state index contributed by atoms with van der Waals surface area (Å²) in [5.41, 5.74) is 1.18. The summed E-state index contributed by atoms with van der Waals surface area (Å²) < 4.78 is 10.8. The van der Waals surface area contributed by atoms with Gasteiger partial charge in [-0.3, -0.25) is 19.9 Å². The Labute approximate surface area is 173 Å². The fourth-order valence-corrected chi connectivity index (χ4v) is 4.04. The van der Waals surface area contributed by atoms with Crippen LogP contribution in [0.5, 0.6) is 11.5 Å². The molecule has 9 heteroatoms. The van der Waals surface area contributed by atoms with Crippen molar-refractivity contribution >= 4 is 23.3 Å². The normalized spacial score (nSPS) is 16.6. The Bertz CT molecular complexity index is 850. The minimum atomic E-state index is -0.454. The van der Waals surface area contributed by atoms with Gasteiger partial charge in [0.25, 0.3) is 0 Å². The van der Waals surface area contributed by atoms with E-state index in [0.29, 0.717) is 6.54 Å². The van der Waals surface area contributed by atoms with E-state index in [9.17, 15) is 9.59 Å². The van der Waals surface area contributed by atoms with Gasteiger partial charge in [-0.15, -0.1) is 11.3 Å². The van der Waals surface area contributed by atoms with E-state index in [-0.39, 0.29) is 19.2 Å². The topological polar surface area (TPSA) is 83.1 Å². The molecule has 2 aliphatic heterocycles. The highest BCUT2D eigenvalue weighted by Crippen LogP contribution is 2.32. The van der Waals surface area contributed by atoms with Crippen molar-refractivity contribution < 1.29 is 19.1 Å². The van der Waals surface area contributed by atoms with E-state index < -0.39 is 6.03 Å². The van der Waals surface area contributed by atoms with Crippen LogP contribution in [0, 0.1) is 0 Å². The standard InChI is InChI=1S/C20H24N4O4S/c25-19(22-20(26)21-11-16-2-1-9-29-16)13-24-7-5-23(6-8-24)12-15-3-4-17-18(10-15)28-14-27-17/h1-4,9-10H,5-8,11-14H2,(H2,21,22,25,26). The van der Waals surface area contributed by atoms with Crippen LogP contribution in [0.1, 0.15) is 10.4 Å². The van der Waals surface area contributed by atoms with E-state index in [2.05, 4.69) is 26.5 Å². The molecule has 3 heterocycles. The molecule has 4 rings (SSSR count). The van der Waals surface area contributed by atoms with Gasteiger partial charge in [0.05, 0.1) is 13.1 Å². The minimum Gasteiger partial charge on any atom is -0.454 e. The molecule has 1 aromatic carbocycles. The summed E-state index contributed by atoms with van der Waals surface area (Å²) in [6.45, 7) is 5.08. The number of piperazine rings is 1. The zero-order valence-electron chi connectivity index (χ0n) is 16.1. The summed E-state index contributed by atoms with van der Waals surface area (Å²) in [5.74, 6) is 1.32. The summed E-state index contributed by atoms with van der Waals surface area (Å²) in [6.07, 6.45) is 0. The van der Waals surface area contributed by atoms with Gasteiger partial charge in [-0.05, 0) is 29.1 Å². The van der Waals surface area contributed by atoms with Crippen LogP contribution in [0.25, 0.3) is 0 Å². The first kappa shape index (κ1) is 19.7. The van der Waals surface area contributed by atoms with Crippen LogP contribution in [0.15, 0.2) is 35.7 Å². The van der Waals surface area contributed by atoms with Crippen molar-refractivity contribution in [1.29, 1.82) is 0 Å². The van der Waals surface area contributed by atoms with Crippen molar-refractivity contribution in [2.75, 3.05) is 39.5 Å². The maximum Gasteiger partial charge on any atom is 0.321 e. The molecule has 2 N–H and O–H groups in total. The highest BCUT2D eigenvalue weighted by molar-refractivity contribution is 7.09. The number of hydrogen-bond donors (Lipinski definition) is 2. The van der Waals surface area contributed by atoms with Crippen LogP contribution >= 0.6 is 11.3 Å². The number of fused-ring (bicyclic) bond motifs is 1. The van der Waals surface area contributed by atoms with Gasteiger partial charge in [-0.25, -0.2) is 4.79 Å². The zero-order chi connectivity index (χ0) is 20.1. The molecule has 29 heavy (non-hydrogen) atoms. The van der Waals surface area contributed by atoms with Crippen LogP contribution < -0.4 is 20.1 Å². The number of nitrogens with zero attached hydrogens (tertiary/aromatic N) is 2. The summed E-state index contributed by atoms with van der Waals surface area (Å²) >= 11 is 1.57. The third-order valence-electron chi connectivity index (χ3n) is 4.93. The second-order valence-corrected chi connectivity index (χ2v) is 8.08. The molecule has 1 saturated heterocycles. The average molecular weight is 417 g/mol. The lowest BCUT2D eigenvalue weighted by molar-refractivity contribution is -0.121. The number of nitrogens with one attached hydrogen (secondary N) is 2. The summed E-state index contributed by atoms with van der Waals surface area (Å²) in [7, 11) is 0. The van der Waals surface area contributed by atoms with Crippen LogP contribution in [0.3, 0.4) is 0 Å². The summed E-state index contributed by atoms with van der Waals surface area (Å²) in [5, 5.41) is 7.05. The quantitative estimate of drug-likeness (QED) is 0.745. The van der Waals surface area contributed by atoms with Gasteiger partial charge in [-0.2, -0.15) is 0 Å². The summed E-state index contributed by atoms with van der Waals surface area (Å²) in [6, 6.07) is 9.44. The number of carbonyl (C=O) groups is 2. The summed E-state index contributed by atoms with van der Waals surface area (Å²) in [4.78, 5) is 29.4. The third kappa shape index (κ3) is 5.47. The van der Waals surface area contributed by atoms with E-state index >= 15 is 0 Å². The number of thiophene rings is 1. The molecule has 2 aromatic rings. The lowest BCUT2D eigenvalue weighted by Gasteiger charge is -2.34. The molecule has 1 fully saturated rings. The van der Waals surface area contributed by atoms with Crippen LogP contribution in [0.4, 0.5) is 4.79 Å². The minimum absolute atomic E-state index is 0.226. The molecular weight excluding hydrogens is 392 g/mol. The molecule has 1 aromatic heterocycles. The highest BCUT2D eigenvalue weighted by Gasteiger charge is 2.21. The van der Waals surface area contributed by atoms with Crippen molar-refractivity contribution in [2.24, 2.45) is 0 Å². The molecule has 0 saturated carbocycles. The van der Waals surface area contributed by atoms with Crippen LogP contribution in [-0.2, 0) is 17.9 Å². The number of urea groups is 1. The van der Waals surface area contributed by atoms with E-state index in [1.165, 1.54) is 5.56 Å². The van der Waals surface area contributed by atoms with E-state index in [1.807, 2.05) is 29.6 Å². The Morgan fingerprint density at radius 2 is 1.83 bits per heavy atom. The maximum absolute atomic E-state index is 12.1. The second-order valence-electron chi connectivity index (χ2n) is 7.05. The number of rotatable bonds is 6. The van der Waals surface area contributed by atoms with E-state index in [4.69, 9.17) is 9.47 Å². The largest absolute Gasteiger partial charge is 0.454 e. The zero-order valence-corrected chi connectivity index (χ0v) is 16.9. The third-order valence-corrected chi connectivity index (χ3v) is 5.81. The van der Waals surface area contributed by atoms with E-state index in [1.54, 1.807) is 11.3 Å². The molecule has 0 atom stereocenters. The lowest BCUT2D eigenvalue weighted by atomic mass is 10.1. The molecule has 0 unspecified atom stereocenters. The Kier molecular flexibility index (Phi) is 6.28. The Morgan fingerprint density at radius 3 is 2.62 bits per heavy atom. The predicted octanol–water partition coefficient (Wildman–Crippen LogP) is 1.62. The second kappa shape index (κ2) is 9.25. The van der Waals surface area contributed by atoms with Gasteiger partial charge < -0.3 is 14.8 Å². The van der Waals surface area contributed by atoms with Crippen molar-refractivity contribution in [1.82, 2.24) is 20.4 Å². The van der Waals surface area contributed by atoms with Gasteiger partial charge in [-0.1, -0.05) is 12.1 Å². The smallest absolute Gasteiger partial charge is 0.321 e. The molecular formula is C20H24N4O4S. The monoisotopic (exact) mass is 416 g/mol. The molecule has 8 nitrogen and oxygen atoms in total. The maximum atomic E-state index is 12.1. The van der Waals surface area contributed by atoms with Crippen molar-refractivity contribution in [3.05, 3.63) is 46.2 Å². The van der Waals surface area contributed by atoms with Crippen LogP contribution in [0.2, 0.25) is 0 Å². The van der Waals surface area contributed by atoms with Crippen LogP contribution in [-0.4, -0.2) is 61.3 Å². The molecule has 0 radical (unpaired) electrons. The highest BCUT2D eigenvalue weighted by atomic mass is 32.1. The number of hydrogen-bond acceptors (Lipinski definition) is 7. The van der Waals surface area contributed by atoms with Gasteiger partial charge in [0.1, 0.15) is 0 Å². The SMILES string of the molecule is O=C(CN1CCN(Cc2ccc3c(c2)OCO3)CC1)NC(=O)NCc1cccs1. The molecule has 154 valence electrons. The number of ether oxygens (including phenoxy) is 2. The van der Waals surface area contributed by atoms with Gasteiger partial charge in [0.2, 0.25) is 12.7 Å². The Hall–Kier alpha value is -2.62. The predicted molar refractivity (Wildman–Crippen MR) is 109 cm³/mol. The number of amides is 3. The molecule has 3 amide bonds. The molecule has 0 spiro atoms. The molecule has 2 aliphatic rings. The first-order valence-electron chi connectivity index (χ1n) is 9.59. The molecule has 0 bridgehead atoms. The number of carbonyl (C=O) groups excluding carboxylic acids is 2. The number of benzene rings is 1. The van der Waals surface area contributed by atoms with Gasteiger partial charge >= 0.3 is 6.03 Å². The van der Waals surface area contributed by atoms with Crippen molar-refractivity contribution in [3.8, 4) is 11.5 Å². The van der Waals surface area contributed by atoms with E-state index in [0.717, 1.165) is 49.1 Å². The number of imide groups is 1. The Balaban J connectivity index is 1.16. The molecule has 0 aliphatic carbocycles. The fraction of sp³-hybridized carbons (Fsp3) is 0.400. The average Bonchev–Trinajstić information content (AvgIpc) is 3.39. The van der Waals surface area contributed by atoms with Gasteiger partial charge in [0, 0.05) is 37.6 Å². The fourth-order valence-electron chi connectivity index (χ4n) is 3.40. The van der Waals surface area contributed by atoms with Crippen molar-refractivity contribution in [3.63, 3.8) is 0 Å². The lowest BCUT2D eigenvalue weighted by Crippen LogP contribution is -2.50. The first-order chi connectivity index (χ1) is 14.2. The van der Waals surface area contributed by atoms with Crippen molar-refractivity contribution in [2.45, 2.75) is 13.1 Å². The Morgan fingerprint density at radius 1 is 1.03 bits per heavy atom. The van der Waals surface area contributed by atoms with Gasteiger partial charge in [0.15, 0.2) is 11.5 Å². The first-order valence-corrected chi connectivity index (χ1v) is 10.5.